The second kappa shape index (κ2) is 8.99. The zero-order valence-electron chi connectivity index (χ0n) is 15.3. The van der Waals surface area contributed by atoms with E-state index in [2.05, 4.69) is 0 Å². The lowest BCUT2D eigenvalue weighted by Gasteiger charge is -2.20. The van der Waals surface area contributed by atoms with Crippen LogP contribution in [-0.2, 0) is 4.57 Å². The maximum Gasteiger partial charge on any atom is 0.237 e. The van der Waals surface area contributed by atoms with Gasteiger partial charge in [-0.15, -0.1) is 0 Å². The van der Waals surface area contributed by atoms with Crippen molar-refractivity contribution in [2.45, 2.75) is 0 Å². The van der Waals surface area contributed by atoms with Crippen molar-refractivity contribution >= 4 is 33.2 Å². The van der Waals surface area contributed by atoms with Crippen molar-refractivity contribution in [3.05, 3.63) is 84.4 Å². The molecule has 0 fully saturated rings. The number of methoxy groups -OCH3 is 2. The lowest BCUT2D eigenvalue weighted by Crippen LogP contribution is -2.23. The third kappa shape index (κ3) is 3.83. The van der Waals surface area contributed by atoms with Crippen LogP contribution in [0.25, 0.3) is 0 Å². The van der Waals surface area contributed by atoms with Crippen LogP contribution < -0.4 is 20.1 Å². The van der Waals surface area contributed by atoms with Gasteiger partial charge in [-0.3, -0.25) is 4.79 Å². The van der Waals surface area contributed by atoms with Gasteiger partial charge in [-0.25, -0.2) is 0 Å². The van der Waals surface area contributed by atoms with Gasteiger partial charge in [0.05, 0.1) is 14.2 Å². The minimum Gasteiger partial charge on any atom is -0.496 e. The molecule has 6 heteroatoms. The smallest absolute Gasteiger partial charge is 0.237 e. The molecular weight excluding hydrogens is 378 g/mol. The first kappa shape index (κ1) is 20.9. The third-order valence-corrected chi connectivity index (χ3v) is 7.01. The molecule has 0 bridgehead atoms. The van der Waals surface area contributed by atoms with Crippen molar-refractivity contribution in [1.82, 2.24) is 0 Å². The van der Waals surface area contributed by atoms with Crippen molar-refractivity contribution < 1.29 is 18.8 Å². The first-order chi connectivity index (χ1) is 12.6. The second-order valence-electron chi connectivity index (χ2n) is 5.62. The number of ether oxygens (including phenoxy) is 2. The Balaban J connectivity index is 0.00000261. The Bertz CT molecular complexity index is 891. The molecule has 0 saturated carbocycles. The molecular formula is C21H22O4P2. The van der Waals surface area contributed by atoms with E-state index in [0.717, 1.165) is 0 Å². The van der Waals surface area contributed by atoms with Gasteiger partial charge in [0.25, 0.3) is 0 Å². The second-order valence-corrected chi connectivity index (χ2v) is 8.28. The van der Waals surface area contributed by atoms with Crippen LogP contribution in [-0.4, -0.2) is 19.7 Å². The third-order valence-electron chi connectivity index (χ3n) is 4.17. The molecule has 1 unspecified atom stereocenters. The van der Waals surface area contributed by atoms with Crippen LogP contribution in [0.15, 0.2) is 78.9 Å². The summed E-state index contributed by atoms with van der Waals surface area (Å²) in [5.74, 6) is 0.669. The largest absolute Gasteiger partial charge is 0.496 e. The normalized spacial score (nSPS) is 10.6. The van der Waals surface area contributed by atoms with Gasteiger partial charge in [-0.1, -0.05) is 66.7 Å². The van der Waals surface area contributed by atoms with E-state index in [9.17, 15) is 9.36 Å². The van der Waals surface area contributed by atoms with Crippen LogP contribution in [0, 0.1) is 0 Å². The summed E-state index contributed by atoms with van der Waals surface area (Å²) < 4.78 is 24.9. The van der Waals surface area contributed by atoms with E-state index in [1.54, 1.807) is 66.7 Å². The average Bonchev–Trinajstić information content (AvgIpc) is 2.73. The van der Waals surface area contributed by atoms with E-state index in [4.69, 9.17) is 9.47 Å². The molecule has 0 aliphatic carbocycles. The topological polar surface area (TPSA) is 52.6 Å². The van der Waals surface area contributed by atoms with Crippen LogP contribution in [0.4, 0.5) is 0 Å². The predicted octanol–water partition coefficient (Wildman–Crippen LogP) is 3.92. The highest BCUT2D eigenvalue weighted by Gasteiger charge is 2.39. The fourth-order valence-electron chi connectivity index (χ4n) is 2.88. The number of hydrogen-bond donors (Lipinski definition) is 0. The summed E-state index contributed by atoms with van der Waals surface area (Å²) in [6, 6.07) is 22.7. The lowest BCUT2D eigenvalue weighted by atomic mass is 10.2. The highest BCUT2D eigenvalue weighted by Crippen LogP contribution is 2.50. The van der Waals surface area contributed by atoms with Crippen molar-refractivity contribution in [1.29, 1.82) is 0 Å². The van der Waals surface area contributed by atoms with E-state index in [-0.39, 0.29) is 15.5 Å². The Labute approximate surface area is 162 Å². The fraction of sp³-hybridized carbons (Fsp3) is 0.0952. The molecule has 3 aromatic rings. The van der Waals surface area contributed by atoms with Crippen LogP contribution in [0.3, 0.4) is 0 Å². The van der Waals surface area contributed by atoms with Gasteiger partial charge < -0.3 is 14.0 Å². The van der Waals surface area contributed by atoms with E-state index >= 15 is 0 Å². The average molecular weight is 400 g/mol. The molecule has 3 rings (SSSR count). The zero-order valence-corrected chi connectivity index (χ0v) is 17.6. The van der Waals surface area contributed by atoms with Crippen LogP contribution in [0.2, 0.25) is 0 Å². The Kier molecular flexibility index (Phi) is 6.96. The molecule has 0 aliphatic rings. The standard InChI is InChI=1S/C21H19O4P.H3P/c1-24-18-14-9-15-19(25-2)20(18)21(22)26(23,16-10-5-3-6-11-16)17-12-7-4-8-13-17;/h3-15H,1-2H3;1H3. The molecule has 140 valence electrons. The maximum absolute atomic E-state index is 14.2. The van der Waals surface area contributed by atoms with Crippen LogP contribution >= 0.6 is 17.0 Å². The molecule has 0 amide bonds. The zero-order chi connectivity index (χ0) is 18.6. The summed E-state index contributed by atoms with van der Waals surface area (Å²) >= 11 is 0. The number of hydrogen-bond acceptors (Lipinski definition) is 4. The maximum atomic E-state index is 14.2. The summed E-state index contributed by atoms with van der Waals surface area (Å²) in [6.07, 6.45) is 0. The van der Waals surface area contributed by atoms with Gasteiger partial charge in [0, 0.05) is 10.6 Å². The van der Waals surface area contributed by atoms with Gasteiger partial charge in [0.2, 0.25) is 12.7 Å². The molecule has 4 nitrogen and oxygen atoms in total. The molecule has 0 N–H and O–H groups in total. The van der Waals surface area contributed by atoms with E-state index in [1.807, 2.05) is 12.1 Å². The Hall–Kier alpha value is -2.41. The van der Waals surface area contributed by atoms with E-state index in [1.165, 1.54) is 14.2 Å². The quantitative estimate of drug-likeness (QED) is 0.589. The number of carbonyl (C=O) groups is 1. The van der Waals surface area contributed by atoms with Crippen molar-refractivity contribution in [2.75, 3.05) is 14.2 Å². The highest BCUT2D eigenvalue weighted by molar-refractivity contribution is 7.93. The summed E-state index contributed by atoms with van der Waals surface area (Å²) in [5, 5.41) is 0.952. The Morgan fingerprint density at radius 2 is 1.11 bits per heavy atom. The van der Waals surface area contributed by atoms with Crippen molar-refractivity contribution in [2.24, 2.45) is 0 Å². The van der Waals surface area contributed by atoms with Crippen LogP contribution in [0.5, 0.6) is 11.5 Å². The van der Waals surface area contributed by atoms with Gasteiger partial charge in [0.15, 0.2) is 0 Å². The number of carbonyl (C=O) groups excluding carboxylic acids is 1. The first-order valence-corrected chi connectivity index (χ1v) is 9.80. The van der Waals surface area contributed by atoms with Gasteiger partial charge in [-0.05, 0) is 12.1 Å². The van der Waals surface area contributed by atoms with Gasteiger partial charge in [0.1, 0.15) is 17.1 Å². The minimum absolute atomic E-state index is 0. The highest BCUT2D eigenvalue weighted by atomic mass is 31.2. The molecule has 0 heterocycles. The van der Waals surface area contributed by atoms with Gasteiger partial charge in [-0.2, -0.15) is 9.90 Å². The van der Waals surface area contributed by atoms with Crippen molar-refractivity contribution in [3.8, 4) is 11.5 Å². The number of rotatable bonds is 6. The van der Waals surface area contributed by atoms with Crippen LogP contribution in [0.1, 0.15) is 10.4 Å². The molecule has 0 aliphatic heterocycles. The van der Waals surface area contributed by atoms with E-state index < -0.39 is 12.7 Å². The summed E-state index contributed by atoms with van der Waals surface area (Å²) in [6.45, 7) is 0. The molecule has 1 atom stereocenters. The summed E-state index contributed by atoms with van der Waals surface area (Å²) in [4.78, 5) is 13.6. The molecule has 27 heavy (non-hydrogen) atoms. The fourth-order valence-corrected chi connectivity index (χ4v) is 5.37. The van der Waals surface area contributed by atoms with Crippen molar-refractivity contribution in [3.63, 3.8) is 0 Å². The molecule has 0 aromatic heterocycles. The molecule has 3 aromatic carbocycles. The Morgan fingerprint density at radius 1 is 0.704 bits per heavy atom. The minimum atomic E-state index is -3.62. The predicted molar refractivity (Wildman–Crippen MR) is 115 cm³/mol. The summed E-state index contributed by atoms with van der Waals surface area (Å²) in [5.41, 5.74) is -0.322. The molecule has 0 saturated heterocycles. The van der Waals surface area contributed by atoms with E-state index in [0.29, 0.717) is 22.1 Å². The first-order valence-electron chi connectivity index (χ1n) is 8.10. The lowest BCUT2D eigenvalue weighted by molar-refractivity contribution is 0.107. The van der Waals surface area contributed by atoms with Gasteiger partial charge >= 0.3 is 0 Å². The number of benzene rings is 3. The summed E-state index contributed by atoms with van der Waals surface area (Å²) in [7, 11) is -0.669. The molecule has 0 spiro atoms. The SMILES string of the molecule is COc1cccc(OC)c1C(=O)P(=O)(c1ccccc1)c1ccccc1.P. The monoisotopic (exact) mass is 400 g/mol. The Morgan fingerprint density at radius 3 is 1.48 bits per heavy atom. The molecule has 0 radical (unpaired) electrons.